The fraction of sp³-hybridized carbons (Fsp3) is 0.558. The summed E-state index contributed by atoms with van der Waals surface area (Å²) in [6, 6.07) is 9.44. The summed E-state index contributed by atoms with van der Waals surface area (Å²) in [5.41, 5.74) is -2.34. The topological polar surface area (TPSA) is 483 Å². The number of pyridine rings is 2. The zero-order valence-corrected chi connectivity index (χ0v) is 76.7. The molecule has 4 aromatic heterocycles. The number of likely N-dealkylation sites (tertiary alicyclic amines) is 2. The molecule has 125 heavy (non-hydrogen) atoms. The van der Waals surface area contributed by atoms with Crippen molar-refractivity contribution in [2.75, 3.05) is 50.5 Å². The van der Waals surface area contributed by atoms with E-state index in [-0.39, 0.29) is 73.6 Å². The van der Waals surface area contributed by atoms with E-state index < -0.39 is 138 Å². The van der Waals surface area contributed by atoms with Crippen molar-refractivity contribution in [1.82, 2.24) is 55.7 Å². The average molecular weight is 1810 g/mol. The van der Waals surface area contributed by atoms with Crippen molar-refractivity contribution in [2.45, 2.75) is 233 Å². The Morgan fingerprint density at radius 3 is 1.26 bits per heavy atom. The van der Waals surface area contributed by atoms with Gasteiger partial charge in [-0.1, -0.05) is 95.2 Å². The van der Waals surface area contributed by atoms with Crippen LogP contribution in [0.2, 0.25) is 0 Å². The number of hydrogen-bond acceptors (Lipinski definition) is 26. The van der Waals surface area contributed by atoms with Crippen LogP contribution in [0.15, 0.2) is 84.6 Å². The van der Waals surface area contributed by atoms with E-state index >= 15 is 0 Å². The summed E-state index contributed by atoms with van der Waals surface area (Å²) in [5.74, 6) is -4.11. The van der Waals surface area contributed by atoms with Gasteiger partial charge >= 0.3 is 18.2 Å². The van der Waals surface area contributed by atoms with Crippen LogP contribution in [0.4, 0.5) is 19.9 Å². The van der Waals surface area contributed by atoms with Gasteiger partial charge in [-0.15, -0.1) is 35.8 Å². The number of amides is 9. The predicted molar refractivity (Wildman–Crippen MR) is 472 cm³/mol. The van der Waals surface area contributed by atoms with Gasteiger partial charge in [0.05, 0.1) is 62.2 Å². The summed E-state index contributed by atoms with van der Waals surface area (Å²) < 4.78 is 80.7. The van der Waals surface area contributed by atoms with Crippen molar-refractivity contribution in [3.05, 3.63) is 84.6 Å². The lowest BCUT2D eigenvalue weighted by molar-refractivity contribution is -0.146. The second-order valence-corrected chi connectivity index (χ2v) is 42.4. The number of fused-ring (bicyclic) bond motifs is 2. The van der Waals surface area contributed by atoms with Crippen LogP contribution < -0.4 is 60.7 Å². The van der Waals surface area contributed by atoms with Gasteiger partial charge in [0.25, 0.3) is 5.91 Å². The molecule has 35 nitrogen and oxygen atoms in total. The Balaban J connectivity index is 0.000000248. The molecule has 10 atom stereocenters. The number of benzene rings is 2. The highest BCUT2D eigenvalue weighted by atomic mass is 32.2. The first-order chi connectivity index (χ1) is 58.3. The van der Waals surface area contributed by atoms with Crippen LogP contribution in [0.1, 0.15) is 173 Å². The van der Waals surface area contributed by atoms with Crippen LogP contribution >= 0.6 is 22.7 Å². The average Bonchev–Trinajstić information content (AvgIpc) is 1.57. The molecule has 0 unspecified atom stereocenters. The number of anilines is 2. The number of alkyl carbamates (subject to hydrolysis) is 2. The maximum absolute atomic E-state index is 14.8. The summed E-state index contributed by atoms with van der Waals surface area (Å²) in [6.45, 7) is 30.0. The highest BCUT2D eigenvalue weighted by Crippen LogP contribution is 2.48. The SMILES string of the molecule is C=C[C@@H]1C[C@]1(NC(=O)[C@@H]1C[C@@H](Oc2cc(-c3csc(NC(=O)CC(C)(C)C)n3)nc3cc(OC)ccc23)CN1C(=O)[C@@H](NC(=O)OC1CCCC1)C(C)(C)C)C(=O)NS(C)(=O)=O.C=C[C@@H]1C[C@]1(NC(=O)[C@@H]1C[C@@H](Oc2cc(-c3csc(NC(=O)CC(C)(C)C)n3)nc3cc(OC)ccc23)CN1C(=O)[C@@H](NC(=O)OC1CCCC1)C(C)(C)C)C(=O)O.CS(N)(=O)=O. The number of methoxy groups -OCH3 is 2. The van der Waals surface area contributed by atoms with Crippen molar-refractivity contribution in [3.63, 3.8) is 0 Å². The molecule has 6 aliphatic rings. The van der Waals surface area contributed by atoms with Gasteiger partial charge in [0, 0.05) is 83.3 Å². The summed E-state index contributed by atoms with van der Waals surface area (Å²) in [4.78, 5) is 157. The van der Waals surface area contributed by atoms with Gasteiger partial charge in [0.15, 0.2) is 10.3 Å². The molecule has 2 aromatic carbocycles. The largest absolute Gasteiger partial charge is 0.497 e. The fourth-order valence-corrected chi connectivity index (χ4v) is 17.5. The number of sulfonamides is 2. The van der Waals surface area contributed by atoms with Gasteiger partial charge in [0.2, 0.25) is 55.5 Å². The number of carbonyl (C=O) groups is 10. The molecule has 2 aliphatic heterocycles. The molecule has 0 bridgehead atoms. The lowest BCUT2D eigenvalue weighted by Crippen LogP contribution is -2.60. The summed E-state index contributed by atoms with van der Waals surface area (Å²) >= 11 is 2.51. The van der Waals surface area contributed by atoms with Crippen molar-refractivity contribution in [3.8, 4) is 45.8 Å². The zero-order chi connectivity index (χ0) is 92.0. The van der Waals surface area contributed by atoms with E-state index in [1.54, 1.807) is 87.2 Å². The van der Waals surface area contributed by atoms with Crippen LogP contribution in [-0.2, 0) is 67.9 Å². The third-order valence-corrected chi connectivity index (χ3v) is 24.0. The fourth-order valence-electron chi connectivity index (χ4n) is 15.5. The Labute approximate surface area is 736 Å². The van der Waals surface area contributed by atoms with Crippen molar-refractivity contribution in [2.24, 2.45) is 38.6 Å². The molecule has 4 saturated carbocycles. The molecule has 6 aromatic rings. The molecule has 0 spiro atoms. The second-order valence-electron chi connectivity index (χ2n) is 37.3. The van der Waals surface area contributed by atoms with E-state index in [0.717, 1.165) is 63.9 Å². The summed E-state index contributed by atoms with van der Waals surface area (Å²) in [6.07, 6.45) is 8.84. The molecular formula is C86H116N14O21S4. The van der Waals surface area contributed by atoms with Gasteiger partial charge in [0.1, 0.15) is 94.0 Å². The van der Waals surface area contributed by atoms with Crippen molar-refractivity contribution < 1.29 is 98.3 Å². The van der Waals surface area contributed by atoms with Gasteiger partial charge in [-0.2, -0.15) is 0 Å². The zero-order valence-electron chi connectivity index (χ0n) is 73.4. The monoisotopic (exact) mass is 1810 g/mol. The van der Waals surface area contributed by atoms with Gasteiger partial charge in [-0.3, -0.25) is 38.3 Å². The van der Waals surface area contributed by atoms with Crippen molar-refractivity contribution >= 4 is 134 Å². The number of ether oxygens (including phenoxy) is 6. The third kappa shape index (κ3) is 25.6. The number of nitrogens with zero attached hydrogens (tertiary/aromatic N) is 6. The molecule has 2 saturated heterocycles. The number of aliphatic carboxylic acids is 1. The maximum Gasteiger partial charge on any atom is 0.408 e. The number of primary sulfonamides is 1. The molecule has 0 radical (unpaired) electrons. The minimum absolute atomic E-state index is 0.0192. The standard InChI is InChI=1S/C43H57N7O10S2.C42H54N6O9S.CH5NO2S/c1-10-24-20-43(24,38(54)49-62(9,56)57)48-36(52)32-18-27(22-50(32)37(53)35(42(5,6)7)47-40(55)60-25-13-11-12-14-25)59-33-19-30(44-29-17-26(58-8)15-16-28(29)33)31-23-61-39(45-31)46-34(51)21-41(2,3)4;1-9-23-19-42(23,37(52)53)47-35(50)31-17-26(21-48(31)36(51)34(41(5,6)7)46-39(54)57-24-12-10-11-13-24)56-32-18-29(43-28-16-25(55-8)14-15-27(28)32)30-22-58-38(44-30)45-33(49)20-40(2,3)4;1-5(2,3)4/h10,15-17,19,23-25,27,32,35H,1,11-14,18,20-22H2,2-9H3,(H,47,55)(H,48,52)(H,49,54)(H,45,46,51);9,14-16,18,22-24,26,31,34H,1,10-13,17,19-21H2,2-8H3,(H,46,54)(H,47,50)(H,52,53)(H,44,45,49);1H3,(H2,2,3,4)/t24-,27-,32+,35-,43-;23-,26-,31+,34-,42-;/m11./s1. The number of carboxylic acids is 1. The molecular weight excluding hydrogens is 1690 g/mol. The van der Waals surface area contributed by atoms with Gasteiger partial charge in [-0.05, 0) is 110 Å². The second kappa shape index (κ2) is 38.7. The highest BCUT2D eigenvalue weighted by Gasteiger charge is 2.63. The number of nitrogens with two attached hydrogens (primary N) is 1. The molecule has 10 N–H and O–H groups in total. The Morgan fingerprint density at radius 1 is 0.560 bits per heavy atom. The van der Waals surface area contributed by atoms with E-state index in [2.05, 4.69) is 60.2 Å². The third-order valence-electron chi connectivity index (χ3n) is 21.9. The van der Waals surface area contributed by atoms with Crippen LogP contribution in [0, 0.1) is 33.5 Å². The van der Waals surface area contributed by atoms with E-state index in [4.69, 9.17) is 38.4 Å². The number of carboxylic acid groups (broad SMARTS) is 1. The molecule has 4 aliphatic carbocycles. The maximum atomic E-state index is 14.8. The Hall–Kier alpha value is -10.6. The summed E-state index contributed by atoms with van der Waals surface area (Å²) in [5, 5.41) is 36.8. The number of thiazole rings is 2. The Bertz CT molecular complexity index is 5320. The van der Waals surface area contributed by atoms with Crippen LogP contribution in [0.25, 0.3) is 44.6 Å². The lowest BCUT2D eigenvalue weighted by atomic mass is 9.85. The predicted octanol–water partition coefficient (Wildman–Crippen LogP) is 10.5. The molecule has 39 heteroatoms. The molecule has 6 heterocycles. The molecule has 680 valence electrons. The number of nitrogens with one attached hydrogen (secondary N) is 7. The summed E-state index contributed by atoms with van der Waals surface area (Å²) in [7, 11) is -4.07. The Morgan fingerprint density at radius 2 is 0.928 bits per heavy atom. The van der Waals surface area contributed by atoms with Crippen molar-refractivity contribution in [1.29, 1.82) is 0 Å². The normalized spacial score (nSPS) is 21.9. The van der Waals surface area contributed by atoms with E-state index in [1.807, 2.05) is 67.0 Å². The number of aromatic nitrogens is 4. The van der Waals surface area contributed by atoms with E-state index in [0.29, 0.717) is 90.7 Å². The Kier molecular flexibility index (Phi) is 29.9. The van der Waals surface area contributed by atoms with E-state index in [9.17, 15) is 69.9 Å². The van der Waals surface area contributed by atoms with Crippen LogP contribution in [-0.4, -0.2) is 211 Å². The van der Waals surface area contributed by atoms with E-state index in [1.165, 1.54) is 51.7 Å². The quantitative estimate of drug-likeness (QED) is 0.0216. The van der Waals surface area contributed by atoms with Gasteiger partial charge in [-0.25, -0.2) is 56.3 Å². The number of rotatable bonds is 27. The lowest BCUT2D eigenvalue weighted by Gasteiger charge is -2.35. The number of hydrogen-bond donors (Lipinski definition) is 9. The van der Waals surface area contributed by atoms with Gasteiger partial charge < -0.3 is 75.2 Å². The number of carbonyl (C=O) groups excluding carboxylic acids is 9. The van der Waals surface area contributed by atoms with Crippen LogP contribution in [0.3, 0.4) is 0 Å². The first-order valence-electron chi connectivity index (χ1n) is 41.3. The van der Waals surface area contributed by atoms with Crippen LogP contribution in [0.5, 0.6) is 23.0 Å². The molecule has 9 amide bonds. The minimum Gasteiger partial charge on any atom is -0.497 e. The molecule has 12 rings (SSSR count). The smallest absolute Gasteiger partial charge is 0.408 e. The molecule has 6 fully saturated rings. The minimum atomic E-state index is -3.98. The first-order valence-corrected chi connectivity index (χ1v) is 46.9. The highest BCUT2D eigenvalue weighted by molar-refractivity contribution is 7.89. The first kappa shape index (κ1) is 96.6.